The second-order valence-electron chi connectivity index (χ2n) is 5.86. The summed E-state index contributed by atoms with van der Waals surface area (Å²) in [6.45, 7) is 1.54. The van der Waals surface area contributed by atoms with Crippen LogP contribution in [0.15, 0.2) is 53.7 Å². The average molecular weight is 387 g/mol. The van der Waals surface area contributed by atoms with Crippen molar-refractivity contribution in [3.05, 3.63) is 48.8 Å². The van der Waals surface area contributed by atoms with Crippen LogP contribution in [0.1, 0.15) is 0 Å². The smallest absolute Gasteiger partial charge is 0.240 e. The third kappa shape index (κ3) is 3.91. The summed E-state index contributed by atoms with van der Waals surface area (Å²) in [6.07, 6.45) is 1.43. The lowest BCUT2D eigenvalue weighted by Crippen LogP contribution is -2.27. The zero-order chi connectivity index (χ0) is 18.7. The SMILES string of the molecule is O=S(=O)(NCCn1cnnn1)c1cccc(-c2ccc3c(c2)OCCO3)c1. The van der Waals surface area contributed by atoms with Crippen LogP contribution in [-0.2, 0) is 16.6 Å². The third-order valence-corrected chi connectivity index (χ3v) is 5.50. The van der Waals surface area contributed by atoms with Crippen molar-refractivity contribution in [3.8, 4) is 22.6 Å². The molecule has 1 aliphatic rings. The number of nitrogens with one attached hydrogen (secondary N) is 1. The molecule has 0 spiro atoms. The minimum Gasteiger partial charge on any atom is -0.486 e. The molecule has 2 heterocycles. The molecule has 10 heteroatoms. The molecule has 0 bridgehead atoms. The molecule has 27 heavy (non-hydrogen) atoms. The first-order chi connectivity index (χ1) is 13.1. The molecule has 1 N–H and O–H groups in total. The van der Waals surface area contributed by atoms with Gasteiger partial charge in [0.15, 0.2) is 11.5 Å². The first-order valence-corrected chi connectivity index (χ1v) is 9.81. The summed E-state index contributed by atoms with van der Waals surface area (Å²) in [5, 5.41) is 10.7. The number of rotatable bonds is 6. The van der Waals surface area contributed by atoms with E-state index in [1.54, 1.807) is 18.2 Å². The molecule has 0 radical (unpaired) electrons. The number of fused-ring (bicyclic) bond motifs is 1. The van der Waals surface area contributed by atoms with E-state index in [1.165, 1.54) is 11.0 Å². The number of tetrazole rings is 1. The normalized spacial score (nSPS) is 13.5. The molecule has 0 fully saturated rings. The molecule has 4 rings (SSSR count). The lowest BCUT2D eigenvalue weighted by atomic mass is 10.1. The van der Waals surface area contributed by atoms with Crippen LogP contribution in [0.4, 0.5) is 0 Å². The van der Waals surface area contributed by atoms with E-state index in [1.807, 2.05) is 24.3 Å². The molecule has 0 aliphatic carbocycles. The highest BCUT2D eigenvalue weighted by Crippen LogP contribution is 2.34. The number of aromatic nitrogens is 4. The average Bonchev–Trinajstić information content (AvgIpc) is 3.21. The van der Waals surface area contributed by atoms with Gasteiger partial charge in [0.05, 0.1) is 11.4 Å². The minimum absolute atomic E-state index is 0.182. The number of sulfonamides is 1. The van der Waals surface area contributed by atoms with Gasteiger partial charge in [-0.05, 0) is 45.8 Å². The van der Waals surface area contributed by atoms with Gasteiger partial charge in [0, 0.05) is 6.54 Å². The zero-order valence-corrected chi connectivity index (χ0v) is 15.1. The van der Waals surface area contributed by atoms with Crippen LogP contribution in [-0.4, -0.2) is 48.4 Å². The summed E-state index contributed by atoms with van der Waals surface area (Å²) in [5.41, 5.74) is 1.63. The summed E-state index contributed by atoms with van der Waals surface area (Å²) >= 11 is 0. The van der Waals surface area contributed by atoms with Gasteiger partial charge in [0.25, 0.3) is 0 Å². The van der Waals surface area contributed by atoms with E-state index in [4.69, 9.17) is 9.47 Å². The fourth-order valence-corrected chi connectivity index (χ4v) is 3.79. The topological polar surface area (TPSA) is 108 Å². The Bertz CT molecular complexity index is 1040. The highest BCUT2D eigenvalue weighted by Gasteiger charge is 2.16. The van der Waals surface area contributed by atoms with Crippen molar-refractivity contribution in [2.75, 3.05) is 19.8 Å². The molecule has 1 aromatic heterocycles. The van der Waals surface area contributed by atoms with E-state index >= 15 is 0 Å². The monoisotopic (exact) mass is 387 g/mol. The van der Waals surface area contributed by atoms with Crippen LogP contribution in [0.3, 0.4) is 0 Å². The Labute approximate surface area is 156 Å². The number of hydrogen-bond acceptors (Lipinski definition) is 7. The second kappa shape index (κ2) is 7.33. The maximum absolute atomic E-state index is 12.6. The van der Waals surface area contributed by atoms with Crippen molar-refractivity contribution >= 4 is 10.0 Å². The fourth-order valence-electron chi connectivity index (χ4n) is 2.73. The van der Waals surface area contributed by atoms with Crippen molar-refractivity contribution in [3.63, 3.8) is 0 Å². The minimum atomic E-state index is -3.65. The van der Waals surface area contributed by atoms with Crippen molar-refractivity contribution in [2.24, 2.45) is 0 Å². The van der Waals surface area contributed by atoms with Gasteiger partial charge < -0.3 is 9.47 Å². The zero-order valence-electron chi connectivity index (χ0n) is 14.3. The molecule has 0 saturated heterocycles. The van der Waals surface area contributed by atoms with E-state index in [-0.39, 0.29) is 11.4 Å². The summed E-state index contributed by atoms with van der Waals surface area (Å²) in [7, 11) is -3.65. The first kappa shape index (κ1) is 17.4. The highest BCUT2D eigenvalue weighted by molar-refractivity contribution is 7.89. The molecule has 0 amide bonds. The summed E-state index contributed by atoms with van der Waals surface area (Å²) in [4.78, 5) is 0.187. The summed E-state index contributed by atoms with van der Waals surface area (Å²) in [6, 6.07) is 12.3. The fraction of sp³-hybridized carbons (Fsp3) is 0.235. The largest absolute Gasteiger partial charge is 0.486 e. The maximum Gasteiger partial charge on any atom is 0.240 e. The molecular formula is C17H17N5O4S. The first-order valence-electron chi connectivity index (χ1n) is 8.32. The molecular weight excluding hydrogens is 370 g/mol. The van der Waals surface area contributed by atoms with Crippen LogP contribution in [0.5, 0.6) is 11.5 Å². The lowest BCUT2D eigenvalue weighted by molar-refractivity contribution is 0.171. The predicted octanol–water partition coefficient (Wildman–Crippen LogP) is 1.09. The molecule has 2 aromatic carbocycles. The van der Waals surface area contributed by atoms with Gasteiger partial charge in [-0.15, -0.1) is 5.10 Å². The molecule has 140 valence electrons. The van der Waals surface area contributed by atoms with Crippen LogP contribution in [0.2, 0.25) is 0 Å². The Balaban J connectivity index is 1.53. The van der Waals surface area contributed by atoms with Gasteiger partial charge in [0.1, 0.15) is 19.5 Å². The van der Waals surface area contributed by atoms with Gasteiger partial charge >= 0.3 is 0 Å². The molecule has 0 unspecified atom stereocenters. The molecule has 1 aliphatic heterocycles. The molecule has 0 atom stereocenters. The van der Waals surface area contributed by atoms with Gasteiger partial charge in [-0.25, -0.2) is 17.8 Å². The Morgan fingerprint density at radius 2 is 1.85 bits per heavy atom. The number of nitrogens with zero attached hydrogens (tertiary/aromatic N) is 4. The third-order valence-electron chi connectivity index (χ3n) is 4.04. The van der Waals surface area contributed by atoms with Crippen LogP contribution in [0, 0.1) is 0 Å². The summed E-state index contributed by atoms with van der Waals surface area (Å²) < 4.78 is 40.2. The van der Waals surface area contributed by atoms with Gasteiger partial charge in [0.2, 0.25) is 10.0 Å². The van der Waals surface area contributed by atoms with Crippen molar-refractivity contribution in [1.29, 1.82) is 0 Å². The van der Waals surface area contributed by atoms with E-state index in [0.717, 1.165) is 11.1 Å². The van der Waals surface area contributed by atoms with E-state index < -0.39 is 10.0 Å². The van der Waals surface area contributed by atoms with E-state index in [2.05, 4.69) is 20.2 Å². The van der Waals surface area contributed by atoms with Crippen LogP contribution >= 0.6 is 0 Å². The Kier molecular flexibility index (Phi) is 4.73. The number of ether oxygens (including phenoxy) is 2. The van der Waals surface area contributed by atoms with Crippen molar-refractivity contribution < 1.29 is 17.9 Å². The Morgan fingerprint density at radius 1 is 1.04 bits per heavy atom. The second-order valence-corrected chi connectivity index (χ2v) is 7.62. The van der Waals surface area contributed by atoms with Gasteiger partial charge in [-0.2, -0.15) is 0 Å². The molecule has 0 saturated carbocycles. The Hall–Kier alpha value is -2.98. The maximum atomic E-state index is 12.6. The standard InChI is InChI=1S/C17H17N5O4S/c23-27(24,19-6-7-22-12-18-20-21-22)15-3-1-2-13(10-15)14-4-5-16-17(11-14)26-9-8-25-16/h1-5,10-12,19H,6-9H2. The van der Waals surface area contributed by atoms with Crippen LogP contribution in [0.25, 0.3) is 11.1 Å². The molecule has 3 aromatic rings. The van der Waals surface area contributed by atoms with Gasteiger partial charge in [-0.1, -0.05) is 18.2 Å². The van der Waals surface area contributed by atoms with E-state index in [9.17, 15) is 8.42 Å². The van der Waals surface area contributed by atoms with Crippen molar-refractivity contribution in [2.45, 2.75) is 11.4 Å². The quantitative estimate of drug-likeness (QED) is 0.674. The number of hydrogen-bond donors (Lipinski definition) is 1. The van der Waals surface area contributed by atoms with Crippen molar-refractivity contribution in [1.82, 2.24) is 24.9 Å². The Morgan fingerprint density at radius 3 is 2.67 bits per heavy atom. The predicted molar refractivity (Wildman–Crippen MR) is 95.9 cm³/mol. The highest BCUT2D eigenvalue weighted by atomic mass is 32.2. The lowest BCUT2D eigenvalue weighted by Gasteiger charge is -2.19. The van der Waals surface area contributed by atoms with Gasteiger partial charge in [-0.3, -0.25) is 0 Å². The van der Waals surface area contributed by atoms with Crippen LogP contribution < -0.4 is 14.2 Å². The number of benzene rings is 2. The summed E-state index contributed by atoms with van der Waals surface area (Å²) in [5.74, 6) is 1.35. The molecule has 9 nitrogen and oxygen atoms in total. The van der Waals surface area contributed by atoms with E-state index in [0.29, 0.717) is 31.3 Å².